The molecular weight excluding hydrogens is 260 g/mol. The van der Waals surface area contributed by atoms with Crippen molar-refractivity contribution in [1.29, 1.82) is 0 Å². The monoisotopic (exact) mass is 286 g/mol. The number of nitrogens with one attached hydrogen (secondary N) is 1. The lowest BCUT2D eigenvalue weighted by Gasteiger charge is -2.36. The van der Waals surface area contributed by atoms with Crippen molar-refractivity contribution in [3.05, 3.63) is 61.6 Å². The third-order valence-corrected chi connectivity index (χ3v) is 3.38. The van der Waals surface area contributed by atoms with Gasteiger partial charge in [0.1, 0.15) is 0 Å². The van der Waals surface area contributed by atoms with E-state index in [2.05, 4.69) is 46.9 Å². The maximum absolute atomic E-state index is 4.30. The second kappa shape index (κ2) is 8.97. The zero-order chi connectivity index (χ0) is 15.7. The van der Waals surface area contributed by atoms with Crippen molar-refractivity contribution in [2.24, 2.45) is 4.99 Å². The van der Waals surface area contributed by atoms with E-state index < -0.39 is 0 Å². The molecule has 1 N–H and O–H groups in total. The second-order valence-electron chi connectivity index (χ2n) is 4.96. The van der Waals surface area contributed by atoms with Gasteiger partial charge in [-0.15, -0.1) is 0 Å². The Kier molecular flexibility index (Phi) is 7.26. The molecule has 21 heavy (non-hydrogen) atoms. The summed E-state index contributed by atoms with van der Waals surface area (Å²) in [6, 6.07) is 0. The van der Waals surface area contributed by atoms with Gasteiger partial charge in [0.05, 0.1) is 5.71 Å². The molecule has 4 heteroatoms. The number of likely N-dealkylation sites (N-methyl/N-ethyl adjacent to an activating group) is 1. The summed E-state index contributed by atoms with van der Waals surface area (Å²) in [6.07, 6.45) is 9.26. The van der Waals surface area contributed by atoms with Crippen LogP contribution in [-0.2, 0) is 0 Å². The molecular formula is C17H26N4. The number of rotatable bonds is 7. The van der Waals surface area contributed by atoms with Crippen molar-refractivity contribution < 1.29 is 0 Å². The van der Waals surface area contributed by atoms with Gasteiger partial charge in [0.2, 0.25) is 0 Å². The molecule has 1 aliphatic heterocycles. The molecule has 0 bridgehead atoms. The van der Waals surface area contributed by atoms with Gasteiger partial charge >= 0.3 is 0 Å². The summed E-state index contributed by atoms with van der Waals surface area (Å²) in [5, 5.41) is 2.93. The van der Waals surface area contributed by atoms with Crippen LogP contribution in [-0.4, -0.2) is 55.8 Å². The molecule has 0 spiro atoms. The molecule has 1 saturated heterocycles. The van der Waals surface area contributed by atoms with Crippen LogP contribution in [0.4, 0.5) is 0 Å². The molecule has 1 rings (SSSR count). The molecule has 0 atom stereocenters. The van der Waals surface area contributed by atoms with Crippen molar-refractivity contribution in [2.45, 2.75) is 0 Å². The molecule has 1 heterocycles. The standard InChI is InChI=1S/C17H26N4/c1-6-17(18-4)16(9-8-10-19-7-2)14-21-12-11-20(5)13-15(21)3/h6-10,19H,1-3,11-14H2,4-5H3/b10-8+,16-9-,18-17-. The highest BCUT2D eigenvalue weighted by atomic mass is 15.3. The van der Waals surface area contributed by atoms with Crippen LogP contribution in [0.2, 0.25) is 0 Å². The predicted octanol–water partition coefficient (Wildman–Crippen LogP) is 2.18. The molecule has 0 aromatic heterocycles. The average Bonchev–Trinajstić information content (AvgIpc) is 2.47. The van der Waals surface area contributed by atoms with Gasteiger partial charge in [-0.25, -0.2) is 0 Å². The Morgan fingerprint density at radius 3 is 2.71 bits per heavy atom. The lowest BCUT2D eigenvalue weighted by Crippen LogP contribution is -2.43. The summed E-state index contributed by atoms with van der Waals surface area (Å²) in [6.45, 7) is 15.4. The van der Waals surface area contributed by atoms with Crippen LogP contribution in [0.25, 0.3) is 0 Å². The number of aliphatic imine (C=N–C) groups is 1. The minimum absolute atomic E-state index is 0.795. The summed E-state index contributed by atoms with van der Waals surface area (Å²) < 4.78 is 0. The lowest BCUT2D eigenvalue weighted by molar-refractivity contribution is 0.215. The molecule has 0 aromatic carbocycles. The normalized spacial score (nSPS) is 18.2. The number of piperazine rings is 1. The molecule has 0 aromatic rings. The van der Waals surface area contributed by atoms with Crippen LogP contribution >= 0.6 is 0 Å². The number of allylic oxidation sites excluding steroid dienone is 3. The fourth-order valence-electron chi connectivity index (χ4n) is 2.21. The molecule has 1 fully saturated rings. The summed E-state index contributed by atoms with van der Waals surface area (Å²) in [4.78, 5) is 8.88. The van der Waals surface area contributed by atoms with Crippen LogP contribution in [0.15, 0.2) is 66.6 Å². The Bertz CT molecular complexity index is 471. The van der Waals surface area contributed by atoms with E-state index in [1.165, 1.54) is 0 Å². The van der Waals surface area contributed by atoms with E-state index in [4.69, 9.17) is 0 Å². The molecule has 0 unspecified atom stereocenters. The van der Waals surface area contributed by atoms with Gasteiger partial charge in [0.15, 0.2) is 0 Å². The van der Waals surface area contributed by atoms with Crippen LogP contribution in [0.3, 0.4) is 0 Å². The first-order chi connectivity index (χ1) is 10.1. The highest BCUT2D eigenvalue weighted by molar-refractivity contribution is 6.08. The molecule has 0 aliphatic carbocycles. The first-order valence-electron chi connectivity index (χ1n) is 7.06. The third-order valence-electron chi connectivity index (χ3n) is 3.38. The number of hydrogen-bond acceptors (Lipinski definition) is 4. The van der Waals surface area contributed by atoms with Crippen LogP contribution in [0.5, 0.6) is 0 Å². The van der Waals surface area contributed by atoms with Crippen molar-refractivity contribution in [2.75, 3.05) is 40.3 Å². The van der Waals surface area contributed by atoms with Crippen molar-refractivity contribution in [3.8, 4) is 0 Å². The molecule has 1 aliphatic rings. The first-order valence-corrected chi connectivity index (χ1v) is 7.06. The van der Waals surface area contributed by atoms with Gasteiger partial charge < -0.3 is 10.2 Å². The Morgan fingerprint density at radius 2 is 2.14 bits per heavy atom. The van der Waals surface area contributed by atoms with E-state index in [-0.39, 0.29) is 0 Å². The average molecular weight is 286 g/mol. The zero-order valence-electron chi connectivity index (χ0n) is 13.2. The Hall–Kier alpha value is -2.07. The van der Waals surface area contributed by atoms with E-state index >= 15 is 0 Å². The fourth-order valence-corrected chi connectivity index (χ4v) is 2.21. The van der Waals surface area contributed by atoms with Gasteiger partial charge in [0, 0.05) is 45.1 Å². The molecule has 0 saturated carbocycles. The maximum atomic E-state index is 4.30. The quantitative estimate of drug-likeness (QED) is 0.575. The van der Waals surface area contributed by atoms with Gasteiger partial charge in [-0.3, -0.25) is 9.89 Å². The summed E-state index contributed by atoms with van der Waals surface area (Å²) in [7, 11) is 3.90. The largest absolute Gasteiger partial charge is 0.369 e. The molecule has 4 nitrogen and oxygen atoms in total. The summed E-state index contributed by atoms with van der Waals surface area (Å²) in [5.41, 5.74) is 3.17. The highest BCUT2D eigenvalue weighted by Gasteiger charge is 2.18. The predicted molar refractivity (Wildman–Crippen MR) is 92.3 cm³/mol. The molecule has 114 valence electrons. The third kappa shape index (κ3) is 5.44. The van der Waals surface area contributed by atoms with Gasteiger partial charge in [-0.05, 0) is 31.0 Å². The summed E-state index contributed by atoms with van der Waals surface area (Å²) >= 11 is 0. The van der Waals surface area contributed by atoms with Crippen LogP contribution in [0, 0.1) is 0 Å². The van der Waals surface area contributed by atoms with E-state index in [1.54, 1.807) is 19.3 Å². The minimum Gasteiger partial charge on any atom is -0.369 e. The van der Waals surface area contributed by atoms with Crippen LogP contribution in [0.1, 0.15) is 0 Å². The SMILES string of the molecule is C=CN/C=C/C=C(CN1CCN(C)CC1=C)\C(C=C)=N/C. The highest BCUT2D eigenvalue weighted by Crippen LogP contribution is 2.14. The van der Waals surface area contributed by atoms with Gasteiger partial charge in [0.25, 0.3) is 0 Å². The fraction of sp³-hybridized carbons (Fsp3) is 0.353. The second-order valence-corrected chi connectivity index (χ2v) is 4.96. The molecule has 0 amide bonds. The minimum atomic E-state index is 0.795. The van der Waals surface area contributed by atoms with Crippen molar-refractivity contribution >= 4 is 5.71 Å². The first kappa shape index (κ1) is 17.0. The lowest BCUT2D eigenvalue weighted by atomic mass is 10.1. The van der Waals surface area contributed by atoms with E-state index in [1.807, 2.05) is 18.4 Å². The maximum Gasteiger partial charge on any atom is 0.0614 e. The van der Waals surface area contributed by atoms with Gasteiger partial charge in [-0.1, -0.05) is 25.8 Å². The Labute approximate surface area is 128 Å². The summed E-state index contributed by atoms with van der Waals surface area (Å²) in [5.74, 6) is 0. The number of nitrogens with zero attached hydrogens (tertiary/aromatic N) is 3. The number of hydrogen-bond donors (Lipinski definition) is 1. The Morgan fingerprint density at radius 1 is 1.38 bits per heavy atom. The zero-order valence-corrected chi connectivity index (χ0v) is 13.2. The van der Waals surface area contributed by atoms with Gasteiger partial charge in [-0.2, -0.15) is 0 Å². The van der Waals surface area contributed by atoms with Crippen LogP contribution < -0.4 is 5.32 Å². The van der Waals surface area contributed by atoms with E-state index in [0.29, 0.717) is 0 Å². The molecule has 0 radical (unpaired) electrons. The van der Waals surface area contributed by atoms with E-state index in [0.717, 1.165) is 43.2 Å². The topological polar surface area (TPSA) is 30.9 Å². The van der Waals surface area contributed by atoms with E-state index in [9.17, 15) is 0 Å². The van der Waals surface area contributed by atoms with Crippen molar-refractivity contribution in [1.82, 2.24) is 15.1 Å². The smallest absolute Gasteiger partial charge is 0.0614 e. The Balaban J connectivity index is 2.84. The van der Waals surface area contributed by atoms with Crippen molar-refractivity contribution in [3.63, 3.8) is 0 Å².